The fourth-order valence-electron chi connectivity index (χ4n) is 2.57. The molecule has 0 aromatic carbocycles. The molecule has 0 amide bonds. The Morgan fingerprint density at radius 1 is 0.800 bits per heavy atom. The summed E-state index contributed by atoms with van der Waals surface area (Å²) in [5.41, 5.74) is 0. The summed E-state index contributed by atoms with van der Waals surface area (Å²) in [6, 6.07) is 0. The van der Waals surface area contributed by atoms with Crippen molar-refractivity contribution in [2.24, 2.45) is 11.8 Å². The number of aliphatic hydroxyl groups is 2. The van der Waals surface area contributed by atoms with Gasteiger partial charge in [-0.15, -0.1) is 0 Å². The molecule has 0 spiro atoms. The molecule has 0 radical (unpaired) electrons. The van der Waals surface area contributed by atoms with Gasteiger partial charge < -0.3 is 10.2 Å². The van der Waals surface area contributed by atoms with E-state index in [-0.39, 0.29) is 18.1 Å². The molecule has 2 atom stereocenters. The van der Waals surface area contributed by atoms with Gasteiger partial charge in [-0.1, -0.05) is 0 Å². The smallest absolute Gasteiger partial charge is 0.0595 e. The third-order valence-corrected chi connectivity index (χ3v) is 3.10. The van der Waals surface area contributed by atoms with Gasteiger partial charge in [0, 0.05) is 5.92 Å². The summed E-state index contributed by atoms with van der Waals surface area (Å²) in [5.74, 6) is 0.852. The fourth-order valence-corrected chi connectivity index (χ4v) is 2.57. The largest absolute Gasteiger partial charge is 0.393 e. The molecule has 0 aromatic rings. The Bertz CT molecular complexity index is 121. The summed E-state index contributed by atoms with van der Waals surface area (Å²) in [7, 11) is 0. The van der Waals surface area contributed by atoms with E-state index < -0.39 is 0 Å². The quantitative estimate of drug-likeness (QED) is 0.518. The summed E-state index contributed by atoms with van der Waals surface area (Å²) in [6.07, 6.45) is 3.66. The number of rotatable bonds is 0. The lowest BCUT2D eigenvalue weighted by Crippen LogP contribution is -2.25. The lowest BCUT2D eigenvalue weighted by Gasteiger charge is -2.16. The number of hydrogen-bond acceptors (Lipinski definition) is 2. The zero-order chi connectivity index (χ0) is 7.14. The highest BCUT2D eigenvalue weighted by atomic mass is 16.3. The van der Waals surface area contributed by atoms with E-state index in [1.165, 1.54) is 0 Å². The van der Waals surface area contributed by atoms with Crippen LogP contribution in [0.4, 0.5) is 0 Å². The van der Waals surface area contributed by atoms with Gasteiger partial charge in [0.1, 0.15) is 0 Å². The van der Waals surface area contributed by atoms with Gasteiger partial charge in [0.05, 0.1) is 12.2 Å². The standard InChI is InChI=1S/C8H14O2/c9-6-3-1-5-2-4-7(10)8(5)6/h5-10H,1-4H2. The molecule has 2 nitrogen and oxygen atoms in total. The first-order chi connectivity index (χ1) is 4.79. The van der Waals surface area contributed by atoms with Gasteiger partial charge >= 0.3 is 0 Å². The molecule has 10 heavy (non-hydrogen) atoms. The van der Waals surface area contributed by atoms with Crippen LogP contribution in [0.3, 0.4) is 0 Å². The molecular formula is C8H14O2. The summed E-state index contributed by atoms with van der Waals surface area (Å²) >= 11 is 0. The molecule has 0 aliphatic heterocycles. The molecule has 58 valence electrons. The molecule has 2 aliphatic carbocycles. The molecule has 2 rings (SSSR count). The van der Waals surface area contributed by atoms with Crippen molar-refractivity contribution >= 4 is 0 Å². The highest BCUT2D eigenvalue weighted by Crippen LogP contribution is 2.43. The second-order valence-electron chi connectivity index (χ2n) is 3.63. The van der Waals surface area contributed by atoms with Gasteiger partial charge in [-0.3, -0.25) is 0 Å². The third kappa shape index (κ3) is 0.789. The first-order valence-corrected chi connectivity index (χ1v) is 4.15. The third-order valence-electron chi connectivity index (χ3n) is 3.10. The molecule has 2 unspecified atom stereocenters. The Hall–Kier alpha value is -0.0800. The summed E-state index contributed by atoms with van der Waals surface area (Å²) in [5, 5.41) is 18.8. The zero-order valence-corrected chi connectivity index (χ0v) is 6.03. The van der Waals surface area contributed by atoms with Crippen LogP contribution in [-0.4, -0.2) is 22.4 Å². The first kappa shape index (κ1) is 6.62. The van der Waals surface area contributed by atoms with E-state index in [1.54, 1.807) is 0 Å². The van der Waals surface area contributed by atoms with Crippen LogP contribution in [0.5, 0.6) is 0 Å². The van der Waals surface area contributed by atoms with Gasteiger partial charge in [-0.25, -0.2) is 0 Å². The normalized spacial score (nSPS) is 53.4. The van der Waals surface area contributed by atoms with Crippen molar-refractivity contribution in [3.63, 3.8) is 0 Å². The van der Waals surface area contributed by atoms with Crippen molar-refractivity contribution in [3.05, 3.63) is 0 Å². The average molecular weight is 142 g/mol. The maximum absolute atomic E-state index is 9.41. The van der Waals surface area contributed by atoms with Crippen LogP contribution in [-0.2, 0) is 0 Å². The van der Waals surface area contributed by atoms with Crippen LogP contribution in [0.25, 0.3) is 0 Å². The molecule has 0 saturated heterocycles. The molecule has 0 aromatic heterocycles. The minimum absolute atomic E-state index is 0.206. The van der Waals surface area contributed by atoms with E-state index in [9.17, 15) is 10.2 Å². The Morgan fingerprint density at radius 2 is 1.30 bits per heavy atom. The first-order valence-electron chi connectivity index (χ1n) is 4.15. The van der Waals surface area contributed by atoms with Gasteiger partial charge in [0.2, 0.25) is 0 Å². The van der Waals surface area contributed by atoms with Crippen LogP contribution in [0.2, 0.25) is 0 Å². The van der Waals surface area contributed by atoms with Crippen molar-refractivity contribution in [2.45, 2.75) is 37.9 Å². The molecule has 0 bridgehead atoms. The molecule has 0 heterocycles. The van der Waals surface area contributed by atoms with E-state index in [4.69, 9.17) is 0 Å². The Morgan fingerprint density at radius 3 is 1.70 bits per heavy atom. The zero-order valence-electron chi connectivity index (χ0n) is 6.03. The summed E-state index contributed by atoms with van der Waals surface area (Å²) in [6.45, 7) is 0. The van der Waals surface area contributed by atoms with Crippen molar-refractivity contribution in [3.8, 4) is 0 Å². The van der Waals surface area contributed by atoms with E-state index in [0.717, 1.165) is 25.7 Å². The van der Waals surface area contributed by atoms with Crippen LogP contribution < -0.4 is 0 Å². The fraction of sp³-hybridized carbons (Fsp3) is 1.00. The highest BCUT2D eigenvalue weighted by molar-refractivity contribution is 4.94. The van der Waals surface area contributed by atoms with Crippen molar-refractivity contribution < 1.29 is 10.2 Å². The topological polar surface area (TPSA) is 40.5 Å². The minimum atomic E-state index is -0.206. The molecule has 2 N–H and O–H groups in total. The Labute approximate surface area is 60.9 Å². The van der Waals surface area contributed by atoms with Gasteiger partial charge in [-0.2, -0.15) is 0 Å². The SMILES string of the molecule is OC1CCC2CCC(O)C12. The average Bonchev–Trinajstić information content (AvgIpc) is 2.40. The second kappa shape index (κ2) is 2.21. The highest BCUT2D eigenvalue weighted by Gasteiger charge is 2.43. The van der Waals surface area contributed by atoms with Crippen molar-refractivity contribution in [1.29, 1.82) is 0 Å². The lowest BCUT2D eigenvalue weighted by atomic mass is 9.98. The van der Waals surface area contributed by atoms with Crippen LogP contribution >= 0.6 is 0 Å². The summed E-state index contributed by atoms with van der Waals surface area (Å²) < 4.78 is 0. The minimum Gasteiger partial charge on any atom is -0.393 e. The number of hydrogen-bond donors (Lipinski definition) is 2. The Balaban J connectivity index is 2.11. The monoisotopic (exact) mass is 142 g/mol. The summed E-state index contributed by atoms with van der Waals surface area (Å²) in [4.78, 5) is 0. The van der Waals surface area contributed by atoms with Crippen LogP contribution in [0.1, 0.15) is 25.7 Å². The predicted molar refractivity (Wildman–Crippen MR) is 37.5 cm³/mol. The molecule has 2 heteroatoms. The lowest BCUT2D eigenvalue weighted by molar-refractivity contribution is 0.0402. The molecule has 2 fully saturated rings. The molecule has 2 saturated carbocycles. The predicted octanol–water partition coefficient (Wildman–Crippen LogP) is 0.528. The van der Waals surface area contributed by atoms with Crippen molar-refractivity contribution in [1.82, 2.24) is 0 Å². The van der Waals surface area contributed by atoms with Gasteiger partial charge in [0.25, 0.3) is 0 Å². The maximum Gasteiger partial charge on any atom is 0.0595 e. The van der Waals surface area contributed by atoms with E-state index in [1.807, 2.05) is 0 Å². The van der Waals surface area contributed by atoms with E-state index in [0.29, 0.717) is 5.92 Å². The molecule has 2 aliphatic rings. The number of fused-ring (bicyclic) bond motifs is 1. The second-order valence-corrected chi connectivity index (χ2v) is 3.63. The Kier molecular flexibility index (Phi) is 1.46. The van der Waals surface area contributed by atoms with Crippen LogP contribution in [0, 0.1) is 11.8 Å². The van der Waals surface area contributed by atoms with Gasteiger partial charge in [-0.05, 0) is 31.6 Å². The maximum atomic E-state index is 9.41. The van der Waals surface area contributed by atoms with E-state index in [2.05, 4.69) is 0 Å². The van der Waals surface area contributed by atoms with Gasteiger partial charge in [0.15, 0.2) is 0 Å². The van der Waals surface area contributed by atoms with E-state index >= 15 is 0 Å². The van der Waals surface area contributed by atoms with Crippen LogP contribution in [0.15, 0.2) is 0 Å². The van der Waals surface area contributed by atoms with Crippen molar-refractivity contribution in [2.75, 3.05) is 0 Å². The molecular weight excluding hydrogens is 128 g/mol. The number of aliphatic hydroxyl groups excluding tert-OH is 2.